The molecule has 0 unspecified atom stereocenters. The molecule has 0 saturated carbocycles. The van der Waals surface area contributed by atoms with Crippen LogP contribution in [0.3, 0.4) is 0 Å². The molecule has 170 valence electrons. The second-order valence-corrected chi connectivity index (χ2v) is 8.69. The Morgan fingerprint density at radius 3 is 2.50 bits per heavy atom. The molecular formula is C25H31N3O4. The second-order valence-electron chi connectivity index (χ2n) is 8.69. The normalized spacial score (nSPS) is 17.8. The standard InChI is InChI=1S/C25H31N3O4/c1-2-28(16-20-4-6-23-24(14-20)32-18-31-23)25(29)17-27-10-8-26(9-11-27)15-19-3-5-22-21(13-19)7-12-30-22/h3-6,13-14H,2,7-12,15-18H2,1H3. The van der Waals surface area contributed by atoms with Crippen molar-refractivity contribution in [3.8, 4) is 17.2 Å². The van der Waals surface area contributed by atoms with E-state index in [2.05, 4.69) is 28.0 Å². The summed E-state index contributed by atoms with van der Waals surface area (Å²) in [5, 5.41) is 0. The number of carbonyl (C=O) groups excluding carboxylic acids is 1. The van der Waals surface area contributed by atoms with Gasteiger partial charge in [-0.05, 0) is 41.8 Å². The van der Waals surface area contributed by atoms with Gasteiger partial charge in [0.15, 0.2) is 11.5 Å². The summed E-state index contributed by atoms with van der Waals surface area (Å²) in [6.07, 6.45) is 1.01. The maximum atomic E-state index is 13.0. The van der Waals surface area contributed by atoms with Crippen LogP contribution in [0.15, 0.2) is 36.4 Å². The van der Waals surface area contributed by atoms with E-state index in [-0.39, 0.29) is 12.7 Å². The second kappa shape index (κ2) is 9.38. The Morgan fingerprint density at radius 2 is 1.66 bits per heavy atom. The number of ether oxygens (including phenoxy) is 3. The fraction of sp³-hybridized carbons (Fsp3) is 0.480. The zero-order valence-corrected chi connectivity index (χ0v) is 18.7. The van der Waals surface area contributed by atoms with Gasteiger partial charge in [-0.15, -0.1) is 0 Å². The first-order valence-corrected chi connectivity index (χ1v) is 11.5. The summed E-state index contributed by atoms with van der Waals surface area (Å²) in [6.45, 7) is 9.61. The average Bonchev–Trinajstić information content (AvgIpc) is 3.47. The molecule has 1 saturated heterocycles. The molecule has 2 aromatic rings. The minimum atomic E-state index is 0.178. The van der Waals surface area contributed by atoms with Crippen LogP contribution in [0.5, 0.6) is 17.2 Å². The van der Waals surface area contributed by atoms with Gasteiger partial charge < -0.3 is 19.1 Å². The van der Waals surface area contributed by atoms with E-state index in [0.29, 0.717) is 19.6 Å². The van der Waals surface area contributed by atoms with Crippen LogP contribution < -0.4 is 14.2 Å². The van der Waals surface area contributed by atoms with Crippen molar-refractivity contribution >= 4 is 5.91 Å². The smallest absolute Gasteiger partial charge is 0.237 e. The summed E-state index contributed by atoms with van der Waals surface area (Å²) < 4.78 is 16.5. The van der Waals surface area contributed by atoms with Crippen LogP contribution in [0.1, 0.15) is 23.6 Å². The van der Waals surface area contributed by atoms with Crippen molar-refractivity contribution < 1.29 is 19.0 Å². The Hall–Kier alpha value is -2.77. The lowest BCUT2D eigenvalue weighted by Gasteiger charge is -2.35. The summed E-state index contributed by atoms with van der Waals surface area (Å²) in [5.74, 6) is 2.75. The maximum Gasteiger partial charge on any atom is 0.237 e. The molecule has 0 N–H and O–H groups in total. The van der Waals surface area contributed by atoms with Crippen molar-refractivity contribution in [2.45, 2.75) is 26.4 Å². The highest BCUT2D eigenvalue weighted by molar-refractivity contribution is 5.78. The highest BCUT2D eigenvalue weighted by Gasteiger charge is 2.23. The molecule has 32 heavy (non-hydrogen) atoms. The number of hydrogen-bond acceptors (Lipinski definition) is 6. The molecule has 0 radical (unpaired) electrons. The molecule has 7 heteroatoms. The summed E-state index contributed by atoms with van der Waals surface area (Å²) in [5.41, 5.74) is 3.74. The van der Waals surface area contributed by atoms with Gasteiger partial charge in [0.1, 0.15) is 5.75 Å². The van der Waals surface area contributed by atoms with E-state index >= 15 is 0 Å². The number of likely N-dealkylation sites (N-methyl/N-ethyl adjacent to an activating group) is 1. The van der Waals surface area contributed by atoms with E-state index in [0.717, 1.165) is 68.6 Å². The van der Waals surface area contributed by atoms with Gasteiger partial charge in [-0.3, -0.25) is 14.6 Å². The zero-order valence-electron chi connectivity index (χ0n) is 18.7. The summed E-state index contributed by atoms with van der Waals surface area (Å²) in [7, 11) is 0. The molecular weight excluding hydrogens is 406 g/mol. The monoisotopic (exact) mass is 437 g/mol. The van der Waals surface area contributed by atoms with Crippen LogP contribution >= 0.6 is 0 Å². The molecule has 0 atom stereocenters. The highest BCUT2D eigenvalue weighted by atomic mass is 16.7. The molecule has 0 spiro atoms. The fourth-order valence-corrected chi connectivity index (χ4v) is 4.63. The third-order valence-electron chi connectivity index (χ3n) is 6.53. The number of carbonyl (C=O) groups is 1. The molecule has 1 fully saturated rings. The molecule has 3 aliphatic rings. The van der Waals surface area contributed by atoms with E-state index < -0.39 is 0 Å². The minimum Gasteiger partial charge on any atom is -0.493 e. The van der Waals surface area contributed by atoms with Gasteiger partial charge >= 0.3 is 0 Å². The number of rotatable bonds is 7. The molecule has 0 aliphatic carbocycles. The van der Waals surface area contributed by atoms with Crippen molar-refractivity contribution in [1.82, 2.24) is 14.7 Å². The first-order valence-electron chi connectivity index (χ1n) is 11.5. The van der Waals surface area contributed by atoms with Crippen molar-refractivity contribution in [3.63, 3.8) is 0 Å². The first kappa shape index (κ1) is 21.1. The van der Waals surface area contributed by atoms with Crippen molar-refractivity contribution in [1.29, 1.82) is 0 Å². The highest BCUT2D eigenvalue weighted by Crippen LogP contribution is 2.33. The third kappa shape index (κ3) is 4.69. The average molecular weight is 438 g/mol. The van der Waals surface area contributed by atoms with Gasteiger partial charge in [-0.25, -0.2) is 0 Å². The number of nitrogens with zero attached hydrogens (tertiary/aromatic N) is 3. The Balaban J connectivity index is 1.10. The quantitative estimate of drug-likeness (QED) is 0.664. The number of fused-ring (bicyclic) bond motifs is 2. The van der Waals surface area contributed by atoms with Gasteiger partial charge in [0.25, 0.3) is 0 Å². The predicted octanol–water partition coefficient (Wildman–Crippen LogP) is 2.52. The lowest BCUT2D eigenvalue weighted by atomic mass is 10.1. The van der Waals surface area contributed by atoms with E-state index in [4.69, 9.17) is 14.2 Å². The molecule has 0 aromatic heterocycles. The number of amides is 1. The van der Waals surface area contributed by atoms with Crippen LogP contribution in [-0.2, 0) is 24.3 Å². The molecule has 0 bridgehead atoms. The van der Waals surface area contributed by atoms with Crippen LogP contribution in [0, 0.1) is 0 Å². The SMILES string of the molecule is CCN(Cc1ccc2c(c1)OCO2)C(=O)CN1CCN(Cc2ccc3c(c2)CCO3)CC1. The van der Waals surface area contributed by atoms with E-state index in [1.54, 1.807) is 0 Å². The number of benzene rings is 2. The van der Waals surface area contributed by atoms with Crippen LogP contribution in [0.2, 0.25) is 0 Å². The van der Waals surface area contributed by atoms with Gasteiger partial charge in [-0.2, -0.15) is 0 Å². The lowest BCUT2D eigenvalue weighted by Crippen LogP contribution is -2.49. The molecule has 5 rings (SSSR count). The van der Waals surface area contributed by atoms with E-state index in [1.165, 1.54) is 11.1 Å². The minimum absolute atomic E-state index is 0.178. The van der Waals surface area contributed by atoms with E-state index in [1.807, 2.05) is 30.0 Å². The maximum absolute atomic E-state index is 13.0. The van der Waals surface area contributed by atoms with Crippen LogP contribution in [0.4, 0.5) is 0 Å². The van der Waals surface area contributed by atoms with Crippen LogP contribution in [-0.4, -0.2) is 73.3 Å². The fourth-order valence-electron chi connectivity index (χ4n) is 4.63. The molecule has 7 nitrogen and oxygen atoms in total. The van der Waals surface area contributed by atoms with Gasteiger partial charge in [0.2, 0.25) is 12.7 Å². The Kier molecular flexibility index (Phi) is 6.19. The van der Waals surface area contributed by atoms with E-state index in [9.17, 15) is 4.79 Å². The van der Waals surface area contributed by atoms with Gasteiger partial charge in [-0.1, -0.05) is 18.2 Å². The Morgan fingerprint density at radius 1 is 0.906 bits per heavy atom. The largest absolute Gasteiger partial charge is 0.493 e. The zero-order chi connectivity index (χ0) is 21.9. The molecule has 3 aliphatic heterocycles. The molecule has 3 heterocycles. The molecule has 1 amide bonds. The summed E-state index contributed by atoms with van der Waals surface area (Å²) in [4.78, 5) is 19.6. The molecule has 2 aromatic carbocycles. The predicted molar refractivity (Wildman–Crippen MR) is 121 cm³/mol. The summed E-state index contributed by atoms with van der Waals surface area (Å²) in [6, 6.07) is 12.5. The first-order chi connectivity index (χ1) is 15.7. The Bertz CT molecular complexity index is 972. The van der Waals surface area contributed by atoms with Crippen molar-refractivity contribution in [3.05, 3.63) is 53.1 Å². The topological polar surface area (TPSA) is 54.5 Å². The lowest BCUT2D eigenvalue weighted by molar-refractivity contribution is -0.133. The summed E-state index contributed by atoms with van der Waals surface area (Å²) >= 11 is 0. The van der Waals surface area contributed by atoms with Gasteiger partial charge in [0.05, 0.1) is 13.2 Å². The Labute approximate surface area is 189 Å². The number of piperazine rings is 1. The van der Waals surface area contributed by atoms with Crippen molar-refractivity contribution in [2.24, 2.45) is 0 Å². The third-order valence-corrected chi connectivity index (χ3v) is 6.53. The number of hydrogen-bond donors (Lipinski definition) is 0. The van der Waals surface area contributed by atoms with Gasteiger partial charge in [0, 0.05) is 52.2 Å². The van der Waals surface area contributed by atoms with Crippen LogP contribution in [0.25, 0.3) is 0 Å². The van der Waals surface area contributed by atoms with Crippen molar-refractivity contribution in [2.75, 3.05) is 52.7 Å².